The van der Waals surface area contributed by atoms with Crippen molar-refractivity contribution in [2.75, 3.05) is 143 Å². The summed E-state index contributed by atoms with van der Waals surface area (Å²) >= 11 is 0. The lowest BCUT2D eigenvalue weighted by Gasteiger charge is -2.31. The van der Waals surface area contributed by atoms with Gasteiger partial charge in [-0.25, -0.2) is 61.2 Å². The highest BCUT2D eigenvalue weighted by molar-refractivity contribution is 7.89. The van der Waals surface area contributed by atoms with E-state index in [1.807, 2.05) is 42.6 Å². The van der Waals surface area contributed by atoms with E-state index >= 15 is 0 Å². The van der Waals surface area contributed by atoms with Crippen molar-refractivity contribution >= 4 is 98.6 Å². The summed E-state index contributed by atoms with van der Waals surface area (Å²) in [6, 6.07) is 22.9. The molecule has 4 aliphatic heterocycles. The fourth-order valence-electron chi connectivity index (χ4n) is 18.1. The zero-order chi connectivity index (χ0) is 89.5. The summed E-state index contributed by atoms with van der Waals surface area (Å²) in [7, 11) is -2.27. The van der Waals surface area contributed by atoms with Crippen LogP contribution in [0.3, 0.4) is 0 Å². The van der Waals surface area contributed by atoms with Gasteiger partial charge < -0.3 is 72.9 Å². The molecule has 4 N–H and O–H groups in total. The smallest absolute Gasteiger partial charge is 0.318 e. The lowest BCUT2D eigenvalue weighted by Crippen LogP contribution is -2.40. The maximum absolute atomic E-state index is 12.7. The Morgan fingerprint density at radius 2 is 0.702 bits per heavy atom. The van der Waals surface area contributed by atoms with E-state index in [0.717, 1.165) is 263 Å². The first-order chi connectivity index (χ1) is 64.1. The first kappa shape index (κ1) is 89.9. The van der Waals surface area contributed by atoms with E-state index < -0.39 is 20.0 Å². The SMILES string of the molecule is COc1nccc(NC2CCC(Oc3cc(N4CCOCC4)cc4nccnc34)CC2)n1.Cn1cc(S(=O)(=O)NC2CCC(Oc3cc(N4CCOCC4)cc4nccnc34)CC2)cn1.Cn1nccc1S(=O)(=O)NC1CCC(Oc2cc(N3CCOCC3)cc3nccnc23)CC1.c1cc(NC2CCC(Oc3cc(N4CCOCC4)cc4nccnc34)CC2)nc(C2CC2)n1. The van der Waals surface area contributed by atoms with Crippen LogP contribution in [0.4, 0.5) is 34.4 Å². The van der Waals surface area contributed by atoms with E-state index in [0.29, 0.717) is 76.1 Å². The number of hydrogen-bond acceptors (Lipinski definition) is 33. The van der Waals surface area contributed by atoms with Crippen molar-refractivity contribution in [3.63, 3.8) is 0 Å². The minimum Gasteiger partial charge on any atom is -0.488 e. The number of hydrogen-bond donors (Lipinski definition) is 4. The van der Waals surface area contributed by atoms with Crippen LogP contribution in [0.5, 0.6) is 29.0 Å². The third kappa shape index (κ3) is 23.2. The molecule has 12 aromatic rings. The average molecular weight is 1830 g/mol. The van der Waals surface area contributed by atoms with Gasteiger partial charge in [-0.05, 0) is 158 Å². The third-order valence-corrected chi connectivity index (χ3v) is 28.4. The molecule has 8 aromatic heterocycles. The molecule has 39 heteroatoms. The molecule has 0 bridgehead atoms. The molecule has 37 nitrogen and oxygen atoms in total. The lowest BCUT2D eigenvalue weighted by molar-refractivity contribution is 0.122. The van der Waals surface area contributed by atoms with Crippen molar-refractivity contribution in [3.8, 4) is 29.0 Å². The number of rotatable bonds is 24. The van der Waals surface area contributed by atoms with Gasteiger partial charge >= 0.3 is 6.01 Å². The number of methoxy groups -OCH3 is 1. The summed E-state index contributed by atoms with van der Waals surface area (Å²) in [5.41, 5.74) is 10.8. The van der Waals surface area contributed by atoms with Gasteiger partial charge in [0.05, 0.1) is 119 Å². The van der Waals surface area contributed by atoms with Crippen molar-refractivity contribution in [1.29, 1.82) is 0 Å². The minimum atomic E-state index is -3.59. The van der Waals surface area contributed by atoms with Crippen LogP contribution in [0.15, 0.2) is 157 Å². The predicted molar refractivity (Wildman–Crippen MR) is 494 cm³/mol. The van der Waals surface area contributed by atoms with Crippen LogP contribution in [0.25, 0.3) is 44.1 Å². The average Bonchev–Trinajstić information content (AvgIpc) is 1.48. The Hall–Kier alpha value is -11.7. The van der Waals surface area contributed by atoms with Crippen LogP contribution in [0, 0.1) is 0 Å². The molecule has 12 heterocycles. The fourth-order valence-corrected chi connectivity index (χ4v) is 20.8. The monoisotopic (exact) mass is 1830 g/mol. The number of morpholine rings is 4. The number of benzene rings is 4. The number of aryl methyl sites for hydroxylation is 2. The van der Waals surface area contributed by atoms with Crippen molar-refractivity contribution < 1.29 is 59.5 Å². The van der Waals surface area contributed by atoms with Gasteiger partial charge in [-0.3, -0.25) is 29.3 Å². The molecular formula is C92H114N24O13S2. The number of anilines is 6. The Labute approximate surface area is 761 Å². The molecule has 0 radical (unpaired) electrons. The summed E-state index contributed by atoms with van der Waals surface area (Å²) < 4.78 is 112. The first-order valence-electron chi connectivity index (χ1n) is 45.8. The molecule has 5 saturated carbocycles. The molecule has 9 aliphatic rings. The summed E-state index contributed by atoms with van der Waals surface area (Å²) in [6.07, 6.45) is 38.2. The van der Waals surface area contributed by atoms with Gasteiger partial charge in [0.2, 0.25) is 10.0 Å². The highest BCUT2D eigenvalue weighted by Gasteiger charge is 2.34. The van der Waals surface area contributed by atoms with Gasteiger partial charge in [0, 0.05) is 212 Å². The van der Waals surface area contributed by atoms with Crippen molar-refractivity contribution in [3.05, 3.63) is 153 Å². The van der Waals surface area contributed by atoms with Crippen LogP contribution in [0.2, 0.25) is 0 Å². The summed E-state index contributed by atoms with van der Waals surface area (Å²) in [5.74, 6) is 6.41. The van der Waals surface area contributed by atoms with Crippen molar-refractivity contribution in [1.82, 2.24) is 88.8 Å². The standard InChI is InChI=1S/C25H30N6O2.C23H28N6O3.2C22H28N6O4S/c1-2-17(1)25-28-8-7-23(30-25)29-18-3-5-20(6-4-18)33-22-16-19(31-11-13-32-14-12-31)15-21-24(22)27-10-9-26-21;1-30-23-26-7-6-21(28-23)27-16-2-4-18(5-3-16)32-20-15-17(29-10-12-31-13-11-29)14-19-22(20)25-9-8-24-19;1-27-15-19(14-25-27)33(29,30)26-16-2-4-18(5-3-16)32-21-13-17(28-8-10-31-11-9-28)12-20-22(21)24-7-6-23-20;1-27-21(6-7-25-27)33(29,30)26-16-2-4-18(5-3-16)32-20-15-17(28-10-12-31-13-11-28)14-19-22(20)24-9-8-23-19/h7-10,15-18,20H,1-6,11-14H2,(H,28,29,30);6-9,14-16,18H,2-5,10-13H2,1H3,(H,26,27,28);6-7,12-16,18,26H,2-5,8-11H2,1H3;6-9,14-16,18,26H,2-5,10-13H2,1H3. The Bertz CT molecular complexity index is 6050. The number of nitrogens with one attached hydrogen (secondary N) is 4. The molecule has 4 aromatic carbocycles. The van der Waals surface area contributed by atoms with Crippen LogP contribution in [-0.4, -0.2) is 257 Å². The molecule has 0 atom stereocenters. The predicted octanol–water partition coefficient (Wildman–Crippen LogP) is 10.7. The molecule has 4 saturated heterocycles. The second kappa shape index (κ2) is 42.2. The van der Waals surface area contributed by atoms with Crippen LogP contribution in [0.1, 0.15) is 127 Å². The number of nitrogens with zero attached hydrogens (tertiary/aromatic N) is 20. The normalized spacial score (nSPS) is 22.2. The van der Waals surface area contributed by atoms with Gasteiger partial charge in [0.1, 0.15) is 67.4 Å². The van der Waals surface area contributed by atoms with Gasteiger partial charge in [-0.1, -0.05) is 0 Å². The molecular weight excluding hydrogens is 1710 g/mol. The van der Waals surface area contributed by atoms with Crippen molar-refractivity contribution in [2.45, 2.75) is 180 Å². The number of aromatic nitrogens is 16. The Morgan fingerprint density at radius 3 is 1.04 bits per heavy atom. The topological polar surface area (TPSA) is 403 Å². The van der Waals surface area contributed by atoms with Crippen LogP contribution >= 0.6 is 0 Å². The Morgan fingerprint density at radius 1 is 0.359 bits per heavy atom. The number of sulfonamides is 2. The van der Waals surface area contributed by atoms with E-state index in [1.165, 1.54) is 46.9 Å². The Kier molecular flexibility index (Phi) is 29.0. The van der Waals surface area contributed by atoms with Crippen LogP contribution in [-0.2, 0) is 53.1 Å². The van der Waals surface area contributed by atoms with E-state index in [9.17, 15) is 16.8 Å². The molecule has 21 rings (SSSR count). The van der Waals surface area contributed by atoms with E-state index in [-0.39, 0.29) is 46.4 Å². The minimum absolute atomic E-state index is 0.00529. The van der Waals surface area contributed by atoms with E-state index in [2.05, 4.69) is 129 Å². The van der Waals surface area contributed by atoms with Crippen molar-refractivity contribution in [2.24, 2.45) is 14.1 Å². The molecule has 131 heavy (non-hydrogen) atoms. The summed E-state index contributed by atoms with van der Waals surface area (Å²) in [4.78, 5) is 63.1. The first-order valence-corrected chi connectivity index (χ1v) is 48.7. The number of fused-ring (bicyclic) bond motifs is 4. The summed E-state index contributed by atoms with van der Waals surface area (Å²) in [6.45, 7) is 12.6. The summed E-state index contributed by atoms with van der Waals surface area (Å²) in [5, 5.41) is 15.2. The fraction of sp³-hybridized carbons (Fsp3) is 0.500. The Balaban J connectivity index is 0.000000117. The quantitative estimate of drug-likeness (QED) is 0.0436. The lowest BCUT2D eigenvalue weighted by atomic mass is 9.93. The maximum atomic E-state index is 12.7. The molecule has 692 valence electrons. The third-order valence-electron chi connectivity index (χ3n) is 25.3. The zero-order valence-electron chi connectivity index (χ0n) is 74.2. The van der Waals surface area contributed by atoms with E-state index in [4.69, 9.17) is 47.6 Å². The second-order valence-electron chi connectivity index (χ2n) is 34.4. The second-order valence-corrected chi connectivity index (χ2v) is 37.8. The molecule has 5 aliphatic carbocycles. The van der Waals surface area contributed by atoms with Gasteiger partial charge in [-0.15, -0.1) is 0 Å². The van der Waals surface area contributed by atoms with E-state index in [1.54, 1.807) is 77.0 Å². The molecule has 9 fully saturated rings. The molecule has 0 amide bonds. The highest BCUT2D eigenvalue weighted by atomic mass is 32.2. The molecule has 0 spiro atoms. The maximum Gasteiger partial charge on any atom is 0.318 e. The van der Waals surface area contributed by atoms with Crippen LogP contribution < -0.4 is 63.4 Å². The van der Waals surface area contributed by atoms with Gasteiger partial charge in [0.15, 0.2) is 5.03 Å². The molecule has 0 unspecified atom stereocenters. The highest BCUT2D eigenvalue weighted by Crippen LogP contribution is 2.41. The largest absolute Gasteiger partial charge is 0.488 e. The van der Waals surface area contributed by atoms with Gasteiger partial charge in [-0.2, -0.15) is 15.2 Å². The van der Waals surface area contributed by atoms with Gasteiger partial charge in [0.25, 0.3) is 10.0 Å². The number of ether oxygens (including phenoxy) is 9. The zero-order valence-corrected chi connectivity index (χ0v) is 75.8.